The minimum atomic E-state index is -0.472. The van der Waals surface area contributed by atoms with Crippen molar-refractivity contribution in [3.8, 4) is 0 Å². The molecule has 4 nitrogen and oxygen atoms in total. The fraction of sp³-hybridized carbons (Fsp3) is 0.727. The fourth-order valence-corrected chi connectivity index (χ4v) is 1.39. The van der Waals surface area contributed by atoms with Gasteiger partial charge in [-0.05, 0) is 20.8 Å². The Balaban J connectivity index is 2.40. The van der Waals surface area contributed by atoms with Crippen LogP contribution >= 0.6 is 0 Å². The molecule has 0 spiro atoms. The SMILES string of the molecule is CCn1ccnc1CC(O)COC(C)C. The molecule has 0 saturated carbocycles. The summed E-state index contributed by atoms with van der Waals surface area (Å²) in [5, 5.41) is 9.71. The molecule has 4 heteroatoms. The van der Waals surface area contributed by atoms with Gasteiger partial charge in [0.05, 0.1) is 18.8 Å². The van der Waals surface area contributed by atoms with Crippen LogP contribution in [-0.4, -0.2) is 33.5 Å². The first-order valence-corrected chi connectivity index (χ1v) is 5.43. The molecule has 0 aliphatic carbocycles. The lowest BCUT2D eigenvalue weighted by Crippen LogP contribution is -2.22. The third kappa shape index (κ3) is 4.01. The van der Waals surface area contributed by atoms with Crippen LogP contribution in [0.3, 0.4) is 0 Å². The van der Waals surface area contributed by atoms with Crippen LogP contribution in [0, 0.1) is 0 Å². The van der Waals surface area contributed by atoms with E-state index in [4.69, 9.17) is 4.74 Å². The van der Waals surface area contributed by atoms with E-state index in [1.165, 1.54) is 0 Å². The van der Waals surface area contributed by atoms with Crippen LogP contribution in [0.4, 0.5) is 0 Å². The maximum Gasteiger partial charge on any atom is 0.111 e. The van der Waals surface area contributed by atoms with Crippen molar-refractivity contribution < 1.29 is 9.84 Å². The van der Waals surface area contributed by atoms with Crippen molar-refractivity contribution >= 4 is 0 Å². The van der Waals surface area contributed by atoms with E-state index in [2.05, 4.69) is 11.9 Å². The van der Waals surface area contributed by atoms with Crippen molar-refractivity contribution in [2.45, 2.75) is 45.9 Å². The third-order valence-electron chi connectivity index (χ3n) is 2.18. The molecule has 0 radical (unpaired) electrons. The molecule has 1 rings (SSSR count). The first-order valence-electron chi connectivity index (χ1n) is 5.43. The Bertz CT molecular complexity index is 284. The molecule has 1 heterocycles. The topological polar surface area (TPSA) is 47.3 Å². The zero-order chi connectivity index (χ0) is 11.3. The van der Waals surface area contributed by atoms with E-state index >= 15 is 0 Å². The van der Waals surface area contributed by atoms with Crippen LogP contribution in [0.25, 0.3) is 0 Å². The van der Waals surface area contributed by atoms with Gasteiger partial charge in [-0.15, -0.1) is 0 Å². The maximum absolute atomic E-state index is 9.71. The summed E-state index contributed by atoms with van der Waals surface area (Å²) in [6.07, 6.45) is 3.92. The number of ether oxygens (including phenoxy) is 1. The molecule has 1 unspecified atom stereocenters. The minimum absolute atomic E-state index is 0.158. The molecule has 1 N–H and O–H groups in total. The van der Waals surface area contributed by atoms with Gasteiger partial charge in [-0.3, -0.25) is 0 Å². The van der Waals surface area contributed by atoms with Crippen LogP contribution in [0.2, 0.25) is 0 Å². The molecule has 0 fully saturated rings. The lowest BCUT2D eigenvalue weighted by Gasteiger charge is -2.13. The average molecular weight is 212 g/mol. The van der Waals surface area contributed by atoms with Crippen molar-refractivity contribution in [2.24, 2.45) is 0 Å². The molecule has 0 bridgehead atoms. The van der Waals surface area contributed by atoms with Gasteiger partial charge >= 0.3 is 0 Å². The van der Waals surface area contributed by atoms with Gasteiger partial charge in [-0.1, -0.05) is 0 Å². The normalized spacial score (nSPS) is 13.4. The van der Waals surface area contributed by atoms with Crippen LogP contribution in [0.1, 0.15) is 26.6 Å². The highest BCUT2D eigenvalue weighted by atomic mass is 16.5. The lowest BCUT2D eigenvalue weighted by molar-refractivity contribution is 0.00521. The van der Waals surface area contributed by atoms with E-state index in [1.807, 2.05) is 24.6 Å². The van der Waals surface area contributed by atoms with E-state index in [-0.39, 0.29) is 6.10 Å². The number of hydrogen-bond acceptors (Lipinski definition) is 3. The Morgan fingerprint density at radius 2 is 2.27 bits per heavy atom. The standard InChI is InChI=1S/C11H20N2O2/c1-4-13-6-5-12-11(13)7-10(14)8-15-9(2)3/h5-6,9-10,14H,4,7-8H2,1-3H3. The number of imidazole rings is 1. The van der Waals surface area contributed by atoms with Crippen molar-refractivity contribution in [2.75, 3.05) is 6.61 Å². The van der Waals surface area contributed by atoms with Gasteiger partial charge < -0.3 is 14.4 Å². The molecule has 1 aromatic heterocycles. The molecule has 0 aliphatic rings. The largest absolute Gasteiger partial charge is 0.390 e. The molecule has 15 heavy (non-hydrogen) atoms. The summed E-state index contributed by atoms with van der Waals surface area (Å²) < 4.78 is 7.37. The first-order chi connectivity index (χ1) is 7.13. The monoisotopic (exact) mass is 212 g/mol. The van der Waals surface area contributed by atoms with Crippen LogP contribution in [0.15, 0.2) is 12.4 Å². The zero-order valence-electron chi connectivity index (χ0n) is 9.68. The number of aliphatic hydroxyl groups is 1. The van der Waals surface area contributed by atoms with E-state index in [0.29, 0.717) is 13.0 Å². The lowest BCUT2D eigenvalue weighted by atomic mass is 10.2. The van der Waals surface area contributed by atoms with Gasteiger partial charge in [0, 0.05) is 25.4 Å². The molecule has 1 aromatic rings. The molecule has 0 aliphatic heterocycles. The Hall–Kier alpha value is -0.870. The quantitative estimate of drug-likeness (QED) is 0.771. The smallest absolute Gasteiger partial charge is 0.111 e. The van der Waals surface area contributed by atoms with Gasteiger partial charge in [0.1, 0.15) is 5.82 Å². The molecule has 0 amide bonds. The minimum Gasteiger partial charge on any atom is -0.390 e. The number of aliphatic hydroxyl groups excluding tert-OH is 1. The zero-order valence-corrected chi connectivity index (χ0v) is 9.68. The summed E-state index contributed by atoms with van der Waals surface area (Å²) >= 11 is 0. The second kappa shape index (κ2) is 5.88. The Morgan fingerprint density at radius 1 is 1.53 bits per heavy atom. The number of rotatable bonds is 6. The summed E-state index contributed by atoms with van der Waals surface area (Å²) in [6.45, 7) is 7.23. The van der Waals surface area contributed by atoms with Gasteiger partial charge in [-0.2, -0.15) is 0 Å². The van der Waals surface area contributed by atoms with Crippen molar-refractivity contribution in [3.63, 3.8) is 0 Å². The van der Waals surface area contributed by atoms with Crippen LogP contribution in [-0.2, 0) is 17.7 Å². The van der Waals surface area contributed by atoms with Crippen molar-refractivity contribution in [3.05, 3.63) is 18.2 Å². The van der Waals surface area contributed by atoms with E-state index in [1.54, 1.807) is 6.20 Å². The van der Waals surface area contributed by atoms with E-state index in [0.717, 1.165) is 12.4 Å². The Labute approximate surface area is 90.9 Å². The third-order valence-corrected chi connectivity index (χ3v) is 2.18. The second-order valence-corrected chi connectivity index (χ2v) is 3.87. The molecule has 0 aromatic carbocycles. The summed E-state index contributed by atoms with van der Waals surface area (Å²) in [6, 6.07) is 0. The average Bonchev–Trinajstić information content (AvgIpc) is 2.62. The molecule has 86 valence electrons. The molecule has 0 saturated heterocycles. The second-order valence-electron chi connectivity index (χ2n) is 3.87. The van der Waals surface area contributed by atoms with E-state index < -0.39 is 6.10 Å². The van der Waals surface area contributed by atoms with Gasteiger partial charge in [0.25, 0.3) is 0 Å². The molecular weight excluding hydrogens is 192 g/mol. The number of hydrogen-bond donors (Lipinski definition) is 1. The summed E-state index contributed by atoms with van der Waals surface area (Å²) in [4.78, 5) is 4.20. The summed E-state index contributed by atoms with van der Waals surface area (Å²) in [7, 11) is 0. The van der Waals surface area contributed by atoms with Crippen LogP contribution in [0.5, 0.6) is 0 Å². The van der Waals surface area contributed by atoms with Crippen molar-refractivity contribution in [1.82, 2.24) is 9.55 Å². The fourth-order valence-electron chi connectivity index (χ4n) is 1.39. The Morgan fingerprint density at radius 3 is 2.87 bits per heavy atom. The highest BCUT2D eigenvalue weighted by Crippen LogP contribution is 2.03. The maximum atomic E-state index is 9.71. The summed E-state index contributed by atoms with van der Waals surface area (Å²) in [5.74, 6) is 0.914. The first kappa shape index (κ1) is 12.2. The predicted octanol–water partition coefficient (Wildman–Crippen LogP) is 1.23. The molecular formula is C11H20N2O2. The predicted molar refractivity (Wildman–Crippen MR) is 58.7 cm³/mol. The molecule has 1 atom stereocenters. The number of nitrogens with zero attached hydrogens (tertiary/aromatic N) is 2. The number of aryl methyl sites for hydroxylation is 1. The van der Waals surface area contributed by atoms with E-state index in [9.17, 15) is 5.11 Å². The van der Waals surface area contributed by atoms with Gasteiger partial charge in [0.2, 0.25) is 0 Å². The van der Waals surface area contributed by atoms with Crippen molar-refractivity contribution in [1.29, 1.82) is 0 Å². The number of aromatic nitrogens is 2. The summed E-state index contributed by atoms with van der Waals surface area (Å²) in [5.41, 5.74) is 0. The van der Waals surface area contributed by atoms with Gasteiger partial charge in [0.15, 0.2) is 0 Å². The highest BCUT2D eigenvalue weighted by Gasteiger charge is 2.10. The Kier molecular flexibility index (Phi) is 4.78. The van der Waals surface area contributed by atoms with Crippen LogP contribution < -0.4 is 0 Å². The van der Waals surface area contributed by atoms with Gasteiger partial charge in [-0.25, -0.2) is 4.98 Å². The highest BCUT2D eigenvalue weighted by molar-refractivity contribution is 4.94.